The van der Waals surface area contributed by atoms with Crippen molar-refractivity contribution in [2.45, 2.75) is 30.6 Å². The number of ether oxygens (including phenoxy) is 1. The van der Waals surface area contributed by atoms with E-state index in [4.69, 9.17) is 0 Å². The van der Waals surface area contributed by atoms with Crippen LogP contribution in [0, 0.1) is 0 Å². The second-order valence-electron chi connectivity index (χ2n) is 6.33. The van der Waals surface area contributed by atoms with Gasteiger partial charge in [0, 0.05) is 13.1 Å². The number of benzene rings is 2. The molecule has 0 aliphatic heterocycles. The minimum atomic E-state index is -4.77. The molecule has 3 rings (SSSR count). The summed E-state index contributed by atoms with van der Waals surface area (Å²) in [5.74, 6) is -0.429. The molecule has 0 aliphatic rings. The van der Waals surface area contributed by atoms with Gasteiger partial charge in [-0.3, -0.25) is 4.79 Å². The van der Waals surface area contributed by atoms with Gasteiger partial charge in [-0.1, -0.05) is 42.1 Å². The van der Waals surface area contributed by atoms with Crippen LogP contribution in [0.25, 0.3) is 5.69 Å². The maximum absolute atomic E-state index is 13.2. The van der Waals surface area contributed by atoms with Gasteiger partial charge in [-0.2, -0.15) is 4.68 Å². The van der Waals surface area contributed by atoms with Gasteiger partial charge in [0.05, 0.1) is 5.69 Å². The van der Waals surface area contributed by atoms with Gasteiger partial charge in [-0.15, -0.1) is 18.3 Å². The Bertz CT molecular complexity index is 992. The highest BCUT2D eigenvalue weighted by atomic mass is 32.2. The normalized spacial score (nSPS) is 12.4. The van der Waals surface area contributed by atoms with E-state index in [0.717, 1.165) is 5.56 Å². The Hall–Kier alpha value is -3.08. The zero-order valence-corrected chi connectivity index (χ0v) is 17.6. The molecule has 0 saturated heterocycles. The molecular weight excluding hydrogens is 431 g/mol. The predicted molar refractivity (Wildman–Crippen MR) is 109 cm³/mol. The average molecular weight is 451 g/mol. The Kier molecular flexibility index (Phi) is 7.16. The van der Waals surface area contributed by atoms with E-state index in [-0.39, 0.29) is 11.7 Å². The molecule has 2 aromatic carbocycles. The third kappa shape index (κ3) is 5.75. The number of rotatable bonds is 8. The van der Waals surface area contributed by atoms with Crippen LogP contribution in [0.2, 0.25) is 0 Å². The summed E-state index contributed by atoms with van der Waals surface area (Å²) >= 11 is 1.18. The number of halogens is 3. The van der Waals surface area contributed by atoms with Crippen molar-refractivity contribution >= 4 is 17.7 Å². The number of carbonyl (C=O) groups is 1. The maximum atomic E-state index is 13.2. The molecule has 1 atom stereocenters. The number of hydrogen-bond donors (Lipinski definition) is 0. The number of nitrogens with zero attached hydrogens (tertiary/aromatic N) is 5. The molecule has 0 unspecified atom stereocenters. The van der Waals surface area contributed by atoms with Gasteiger partial charge in [0.2, 0.25) is 11.1 Å². The quantitative estimate of drug-likeness (QED) is 0.477. The molecule has 0 aliphatic carbocycles. The average Bonchev–Trinajstić information content (AvgIpc) is 3.21. The topological polar surface area (TPSA) is 73.1 Å². The lowest BCUT2D eigenvalue weighted by atomic mass is 10.1. The van der Waals surface area contributed by atoms with E-state index in [1.165, 1.54) is 40.7 Å². The van der Waals surface area contributed by atoms with Crippen molar-refractivity contribution < 1.29 is 22.7 Å². The van der Waals surface area contributed by atoms with Gasteiger partial charge in [0.25, 0.3) is 0 Å². The molecule has 3 aromatic rings. The van der Waals surface area contributed by atoms with Crippen molar-refractivity contribution in [1.29, 1.82) is 0 Å². The SMILES string of the molecule is CCN(CC)C(=O)[C@@H](Sc1nnnn1-c1ccc(OC(F)(F)F)cc1)c1ccccc1. The summed E-state index contributed by atoms with van der Waals surface area (Å²) in [6, 6.07) is 14.4. The van der Waals surface area contributed by atoms with Gasteiger partial charge < -0.3 is 9.64 Å². The van der Waals surface area contributed by atoms with Crippen LogP contribution >= 0.6 is 11.8 Å². The molecular formula is C20H20F3N5O2S. The first kappa shape index (κ1) is 22.6. The standard InChI is InChI=1S/C20H20F3N5O2S/c1-3-27(4-2)18(29)17(14-8-6-5-7-9-14)31-19-24-25-26-28(19)15-10-12-16(13-11-15)30-20(21,22)23/h5-13,17H,3-4H2,1-2H3/t17-/m0/s1. The minimum Gasteiger partial charge on any atom is -0.406 e. The Morgan fingerprint density at radius 1 is 1.10 bits per heavy atom. The molecule has 7 nitrogen and oxygen atoms in total. The first-order valence-corrected chi connectivity index (χ1v) is 10.3. The summed E-state index contributed by atoms with van der Waals surface area (Å²) in [6.07, 6.45) is -4.77. The lowest BCUT2D eigenvalue weighted by molar-refractivity contribution is -0.274. The third-order valence-electron chi connectivity index (χ3n) is 4.38. The van der Waals surface area contributed by atoms with Crippen LogP contribution in [-0.4, -0.2) is 50.5 Å². The van der Waals surface area contributed by atoms with Gasteiger partial charge in [0.15, 0.2) is 0 Å². The second-order valence-corrected chi connectivity index (χ2v) is 7.41. The van der Waals surface area contributed by atoms with Crippen LogP contribution in [0.5, 0.6) is 5.75 Å². The van der Waals surface area contributed by atoms with Crippen molar-refractivity contribution in [2.75, 3.05) is 13.1 Å². The number of likely N-dealkylation sites (N-methyl/N-ethyl adjacent to an activating group) is 1. The lowest BCUT2D eigenvalue weighted by Gasteiger charge is -2.24. The number of tetrazole rings is 1. The van der Waals surface area contributed by atoms with E-state index in [2.05, 4.69) is 20.3 Å². The van der Waals surface area contributed by atoms with Crippen LogP contribution in [-0.2, 0) is 4.79 Å². The monoisotopic (exact) mass is 451 g/mol. The van der Waals surface area contributed by atoms with E-state index >= 15 is 0 Å². The van der Waals surface area contributed by atoms with Crippen LogP contribution < -0.4 is 4.74 Å². The van der Waals surface area contributed by atoms with Crippen molar-refractivity contribution in [3.8, 4) is 11.4 Å². The number of aromatic nitrogens is 4. The molecule has 164 valence electrons. The molecule has 1 amide bonds. The van der Waals surface area contributed by atoms with Crippen molar-refractivity contribution in [3.05, 3.63) is 60.2 Å². The number of thioether (sulfide) groups is 1. The summed E-state index contributed by atoms with van der Waals surface area (Å²) < 4.78 is 42.4. The Labute approximate surface area is 181 Å². The second kappa shape index (κ2) is 9.82. The first-order valence-electron chi connectivity index (χ1n) is 9.47. The van der Waals surface area contributed by atoms with E-state index in [1.807, 2.05) is 44.2 Å². The van der Waals surface area contributed by atoms with Gasteiger partial charge in [-0.25, -0.2) is 0 Å². The Morgan fingerprint density at radius 3 is 2.32 bits per heavy atom. The summed E-state index contributed by atoms with van der Waals surface area (Å²) in [5.41, 5.74) is 1.23. The highest BCUT2D eigenvalue weighted by Gasteiger charge is 2.31. The molecule has 31 heavy (non-hydrogen) atoms. The largest absolute Gasteiger partial charge is 0.573 e. The summed E-state index contributed by atoms with van der Waals surface area (Å²) in [6.45, 7) is 4.93. The van der Waals surface area contributed by atoms with Crippen LogP contribution in [0.15, 0.2) is 59.8 Å². The smallest absolute Gasteiger partial charge is 0.406 e. The zero-order chi connectivity index (χ0) is 22.4. The highest BCUT2D eigenvalue weighted by Crippen LogP contribution is 2.36. The van der Waals surface area contributed by atoms with Crippen molar-refractivity contribution in [2.24, 2.45) is 0 Å². The summed E-state index contributed by atoms with van der Waals surface area (Å²) in [4.78, 5) is 14.9. The summed E-state index contributed by atoms with van der Waals surface area (Å²) in [7, 11) is 0. The maximum Gasteiger partial charge on any atom is 0.573 e. The van der Waals surface area contributed by atoms with E-state index < -0.39 is 11.6 Å². The molecule has 1 heterocycles. The number of carbonyl (C=O) groups excluding carboxylic acids is 1. The minimum absolute atomic E-state index is 0.0790. The van der Waals surface area contributed by atoms with E-state index in [9.17, 15) is 18.0 Å². The molecule has 0 saturated carbocycles. The van der Waals surface area contributed by atoms with Crippen LogP contribution in [0.1, 0.15) is 24.7 Å². The van der Waals surface area contributed by atoms with E-state index in [0.29, 0.717) is 23.9 Å². The van der Waals surface area contributed by atoms with Gasteiger partial charge in [-0.05, 0) is 54.1 Å². The number of alkyl halides is 3. The predicted octanol–water partition coefficient (Wildman–Crippen LogP) is 4.26. The fourth-order valence-corrected chi connectivity index (χ4v) is 3.98. The Balaban J connectivity index is 1.89. The lowest BCUT2D eigenvalue weighted by Crippen LogP contribution is -2.34. The molecule has 0 N–H and O–H groups in total. The molecule has 1 aromatic heterocycles. The molecule has 0 bridgehead atoms. The molecule has 0 fully saturated rings. The van der Waals surface area contributed by atoms with E-state index in [1.54, 1.807) is 4.90 Å². The molecule has 0 spiro atoms. The summed E-state index contributed by atoms with van der Waals surface area (Å²) in [5, 5.41) is 11.4. The van der Waals surface area contributed by atoms with Crippen LogP contribution in [0.4, 0.5) is 13.2 Å². The van der Waals surface area contributed by atoms with Gasteiger partial charge >= 0.3 is 6.36 Å². The fourth-order valence-electron chi connectivity index (χ4n) is 2.90. The Morgan fingerprint density at radius 2 is 1.74 bits per heavy atom. The van der Waals surface area contributed by atoms with Gasteiger partial charge in [0.1, 0.15) is 11.0 Å². The number of amides is 1. The zero-order valence-electron chi connectivity index (χ0n) is 16.8. The van der Waals surface area contributed by atoms with Crippen LogP contribution in [0.3, 0.4) is 0 Å². The third-order valence-corrected chi connectivity index (χ3v) is 5.56. The fraction of sp³-hybridized carbons (Fsp3) is 0.300. The van der Waals surface area contributed by atoms with Crippen molar-refractivity contribution in [1.82, 2.24) is 25.1 Å². The molecule has 0 radical (unpaired) electrons. The highest BCUT2D eigenvalue weighted by molar-refractivity contribution is 8.00. The number of hydrogen-bond acceptors (Lipinski definition) is 6. The van der Waals surface area contributed by atoms with Crippen molar-refractivity contribution in [3.63, 3.8) is 0 Å². The first-order chi connectivity index (χ1) is 14.8. The molecule has 11 heteroatoms.